The molecule has 4 nitrogen and oxygen atoms in total. The number of hydrogen-bond acceptors (Lipinski definition) is 4. The Labute approximate surface area is 113 Å². The second-order valence-corrected chi connectivity index (χ2v) is 5.16. The molecule has 1 aliphatic carbocycles. The third-order valence-corrected chi connectivity index (χ3v) is 3.65. The van der Waals surface area contributed by atoms with Gasteiger partial charge >= 0.3 is 5.97 Å². The Bertz CT molecular complexity index is 472. The van der Waals surface area contributed by atoms with Gasteiger partial charge in [0.05, 0.1) is 20.1 Å². The van der Waals surface area contributed by atoms with Crippen LogP contribution < -0.4 is 10.5 Å². The summed E-state index contributed by atoms with van der Waals surface area (Å²) in [5.74, 6) is 0.621. The van der Waals surface area contributed by atoms with Gasteiger partial charge in [-0.2, -0.15) is 0 Å². The van der Waals surface area contributed by atoms with E-state index in [0.717, 1.165) is 18.6 Å². The fourth-order valence-corrected chi connectivity index (χ4v) is 2.64. The molecule has 0 amide bonds. The lowest BCUT2D eigenvalue weighted by Crippen LogP contribution is -2.47. The Morgan fingerprint density at radius 2 is 2.21 bits per heavy atom. The predicted octanol–water partition coefficient (Wildman–Crippen LogP) is 1.83. The van der Waals surface area contributed by atoms with Crippen molar-refractivity contribution >= 4 is 5.97 Å². The number of nitrogens with two attached hydrogens (primary N) is 1. The Morgan fingerprint density at radius 1 is 1.42 bits per heavy atom. The van der Waals surface area contributed by atoms with Gasteiger partial charge in [-0.25, -0.2) is 0 Å². The van der Waals surface area contributed by atoms with Crippen molar-refractivity contribution in [3.8, 4) is 5.75 Å². The zero-order valence-corrected chi connectivity index (χ0v) is 11.6. The molecule has 2 N–H and O–H groups in total. The quantitative estimate of drug-likeness (QED) is 0.842. The van der Waals surface area contributed by atoms with E-state index in [2.05, 4.69) is 6.07 Å². The largest absolute Gasteiger partial charge is 0.497 e. The van der Waals surface area contributed by atoms with Crippen molar-refractivity contribution < 1.29 is 14.3 Å². The third kappa shape index (κ3) is 3.26. The molecule has 1 aromatic carbocycles. The van der Waals surface area contributed by atoms with Crippen molar-refractivity contribution in [2.75, 3.05) is 13.7 Å². The first-order valence-electron chi connectivity index (χ1n) is 6.66. The predicted molar refractivity (Wildman–Crippen MR) is 73.2 cm³/mol. The molecular weight excluding hydrogens is 242 g/mol. The van der Waals surface area contributed by atoms with E-state index in [1.165, 1.54) is 11.1 Å². The lowest BCUT2D eigenvalue weighted by Gasteiger charge is -2.34. The summed E-state index contributed by atoms with van der Waals surface area (Å²) < 4.78 is 10.2. The molecule has 0 fully saturated rings. The molecule has 1 unspecified atom stereocenters. The van der Waals surface area contributed by atoms with Crippen molar-refractivity contribution in [3.63, 3.8) is 0 Å². The minimum Gasteiger partial charge on any atom is -0.497 e. The van der Waals surface area contributed by atoms with Crippen LogP contribution in [0.25, 0.3) is 0 Å². The van der Waals surface area contributed by atoms with Crippen molar-refractivity contribution in [2.45, 2.75) is 38.1 Å². The molecule has 0 saturated heterocycles. The van der Waals surface area contributed by atoms with Crippen molar-refractivity contribution in [3.05, 3.63) is 29.3 Å². The third-order valence-electron chi connectivity index (χ3n) is 3.65. The number of esters is 1. The van der Waals surface area contributed by atoms with E-state index in [1.54, 1.807) is 7.11 Å². The van der Waals surface area contributed by atoms with Crippen LogP contribution in [0.15, 0.2) is 18.2 Å². The monoisotopic (exact) mass is 263 g/mol. The number of carbonyl (C=O) groups is 1. The molecule has 1 aromatic rings. The van der Waals surface area contributed by atoms with Gasteiger partial charge < -0.3 is 15.2 Å². The van der Waals surface area contributed by atoms with E-state index in [9.17, 15) is 4.79 Å². The normalized spacial score (nSPS) is 21.6. The highest BCUT2D eigenvalue weighted by Crippen LogP contribution is 2.31. The van der Waals surface area contributed by atoms with Gasteiger partial charge in [-0.15, -0.1) is 0 Å². The van der Waals surface area contributed by atoms with Crippen LogP contribution in [0.1, 0.15) is 30.9 Å². The second-order valence-electron chi connectivity index (χ2n) is 5.16. The Hall–Kier alpha value is -1.55. The van der Waals surface area contributed by atoms with E-state index >= 15 is 0 Å². The lowest BCUT2D eigenvalue weighted by atomic mass is 9.77. The first-order chi connectivity index (χ1) is 9.06. The van der Waals surface area contributed by atoms with E-state index in [1.807, 2.05) is 19.1 Å². The summed E-state index contributed by atoms with van der Waals surface area (Å²) in [5, 5.41) is 0. The number of aryl methyl sites for hydroxylation is 1. The highest BCUT2D eigenvalue weighted by Gasteiger charge is 2.33. The molecule has 2 rings (SSSR count). The van der Waals surface area contributed by atoms with Gasteiger partial charge in [-0.1, -0.05) is 6.07 Å². The van der Waals surface area contributed by atoms with Crippen molar-refractivity contribution in [2.24, 2.45) is 5.73 Å². The van der Waals surface area contributed by atoms with Crippen molar-refractivity contribution in [1.29, 1.82) is 0 Å². The van der Waals surface area contributed by atoms with Crippen LogP contribution in [0.4, 0.5) is 0 Å². The average molecular weight is 263 g/mol. The maximum absolute atomic E-state index is 11.6. The number of fused-ring (bicyclic) bond motifs is 1. The molecule has 0 radical (unpaired) electrons. The standard InChI is InChI=1S/C15H21NO3/c1-3-19-14(17)10-15(16)7-6-11-4-5-13(18-2)8-12(11)9-15/h4-5,8H,3,6-7,9-10,16H2,1-2H3. The minimum atomic E-state index is -0.494. The molecule has 0 spiro atoms. The van der Waals surface area contributed by atoms with Gasteiger partial charge in [0, 0.05) is 5.54 Å². The molecule has 19 heavy (non-hydrogen) atoms. The van der Waals surface area contributed by atoms with Crippen LogP contribution in [0.2, 0.25) is 0 Å². The van der Waals surface area contributed by atoms with Gasteiger partial charge in [0.25, 0.3) is 0 Å². The van der Waals surface area contributed by atoms with Gasteiger partial charge in [0.15, 0.2) is 0 Å². The zero-order chi connectivity index (χ0) is 13.9. The molecule has 1 aliphatic rings. The van der Waals surface area contributed by atoms with E-state index in [0.29, 0.717) is 13.0 Å². The fourth-order valence-electron chi connectivity index (χ4n) is 2.64. The zero-order valence-electron chi connectivity index (χ0n) is 11.6. The topological polar surface area (TPSA) is 61.5 Å². The summed E-state index contributed by atoms with van der Waals surface area (Å²) in [7, 11) is 1.65. The summed E-state index contributed by atoms with van der Waals surface area (Å²) >= 11 is 0. The number of benzene rings is 1. The number of hydrogen-bond donors (Lipinski definition) is 1. The molecule has 0 bridgehead atoms. The van der Waals surface area contributed by atoms with Crippen LogP contribution in [-0.4, -0.2) is 25.2 Å². The van der Waals surface area contributed by atoms with Crippen LogP contribution in [0.5, 0.6) is 5.75 Å². The first kappa shape index (κ1) is 13.9. The second kappa shape index (κ2) is 5.61. The van der Waals surface area contributed by atoms with Crippen LogP contribution in [0, 0.1) is 0 Å². The summed E-state index contributed by atoms with van der Waals surface area (Å²) in [6.07, 6.45) is 2.68. The Balaban J connectivity index is 2.13. The molecule has 104 valence electrons. The Kier molecular flexibility index (Phi) is 4.10. The fraction of sp³-hybridized carbons (Fsp3) is 0.533. The van der Waals surface area contributed by atoms with Crippen LogP contribution >= 0.6 is 0 Å². The maximum atomic E-state index is 11.6. The van der Waals surface area contributed by atoms with Gasteiger partial charge in [0.2, 0.25) is 0 Å². The van der Waals surface area contributed by atoms with Gasteiger partial charge in [0.1, 0.15) is 5.75 Å². The summed E-state index contributed by atoms with van der Waals surface area (Å²) in [5.41, 5.74) is 8.34. The molecule has 0 saturated carbocycles. The van der Waals surface area contributed by atoms with Crippen molar-refractivity contribution in [1.82, 2.24) is 0 Å². The molecule has 0 aromatic heterocycles. The minimum absolute atomic E-state index is 0.212. The van der Waals surface area contributed by atoms with E-state index < -0.39 is 5.54 Å². The Morgan fingerprint density at radius 3 is 2.89 bits per heavy atom. The first-order valence-corrected chi connectivity index (χ1v) is 6.66. The number of methoxy groups -OCH3 is 1. The van der Waals surface area contributed by atoms with Gasteiger partial charge in [-0.05, 0) is 49.4 Å². The molecule has 0 aliphatic heterocycles. The summed E-state index contributed by atoms with van der Waals surface area (Å²) in [6, 6.07) is 6.06. The molecular formula is C15H21NO3. The molecule has 1 atom stereocenters. The molecule has 4 heteroatoms. The van der Waals surface area contributed by atoms with Gasteiger partial charge in [-0.3, -0.25) is 4.79 Å². The number of rotatable bonds is 4. The average Bonchev–Trinajstić information content (AvgIpc) is 2.37. The highest BCUT2D eigenvalue weighted by molar-refractivity contribution is 5.71. The van der Waals surface area contributed by atoms with Crippen LogP contribution in [-0.2, 0) is 22.4 Å². The number of ether oxygens (including phenoxy) is 2. The lowest BCUT2D eigenvalue weighted by molar-refractivity contribution is -0.144. The summed E-state index contributed by atoms with van der Waals surface area (Å²) in [4.78, 5) is 11.6. The highest BCUT2D eigenvalue weighted by atomic mass is 16.5. The summed E-state index contributed by atoms with van der Waals surface area (Å²) in [6.45, 7) is 2.21. The van der Waals surface area contributed by atoms with E-state index in [-0.39, 0.29) is 12.4 Å². The maximum Gasteiger partial charge on any atom is 0.307 e. The SMILES string of the molecule is CCOC(=O)CC1(N)CCc2ccc(OC)cc2C1. The molecule has 0 heterocycles. The van der Waals surface area contributed by atoms with Crippen LogP contribution in [0.3, 0.4) is 0 Å². The van der Waals surface area contributed by atoms with E-state index in [4.69, 9.17) is 15.2 Å². The smallest absolute Gasteiger partial charge is 0.307 e. The number of carbonyl (C=O) groups excluding carboxylic acids is 1.